The van der Waals surface area contributed by atoms with Crippen LogP contribution >= 0.6 is 44.8 Å². The summed E-state index contributed by atoms with van der Waals surface area (Å²) in [6.45, 7) is 3.38. The van der Waals surface area contributed by atoms with Crippen LogP contribution in [0.15, 0.2) is 69.7 Å². The molecule has 186 valence electrons. The predicted octanol–water partition coefficient (Wildman–Crippen LogP) is 6.50. The van der Waals surface area contributed by atoms with Crippen molar-refractivity contribution < 1.29 is 19.1 Å². The summed E-state index contributed by atoms with van der Waals surface area (Å²) >= 11 is 11.9. The first-order chi connectivity index (χ1) is 17.3. The average Bonchev–Trinajstić information content (AvgIpc) is 2.86. The van der Waals surface area contributed by atoms with E-state index in [1.165, 1.54) is 0 Å². The predicted molar refractivity (Wildman–Crippen MR) is 144 cm³/mol. The zero-order valence-electron chi connectivity index (χ0n) is 19.1. The van der Waals surface area contributed by atoms with Crippen LogP contribution in [-0.2, 0) is 19.1 Å². The molecule has 36 heavy (non-hydrogen) atoms. The third-order valence-electron chi connectivity index (χ3n) is 4.05. The van der Waals surface area contributed by atoms with E-state index in [-0.39, 0.29) is 34.4 Å². The lowest BCUT2D eigenvalue weighted by Gasteiger charge is -2.15. The summed E-state index contributed by atoms with van der Waals surface area (Å²) in [5.74, 6) is -1.65. The van der Waals surface area contributed by atoms with Crippen LogP contribution in [0.25, 0.3) is 0 Å². The molecule has 0 saturated carbocycles. The summed E-state index contributed by atoms with van der Waals surface area (Å²) in [5, 5.41) is 26.7. The normalized spacial score (nSPS) is 11.7. The number of ether oxygens (including phenoxy) is 2. The van der Waals surface area contributed by atoms with E-state index in [0.717, 1.165) is 21.6 Å². The fourth-order valence-electron chi connectivity index (χ4n) is 2.45. The lowest BCUT2D eigenvalue weighted by Crippen LogP contribution is -2.13. The lowest BCUT2D eigenvalue weighted by molar-refractivity contribution is -0.138. The highest BCUT2D eigenvalue weighted by Gasteiger charge is 2.22. The second-order valence-corrected chi connectivity index (χ2v) is 9.53. The number of halogens is 2. The van der Waals surface area contributed by atoms with Gasteiger partial charge < -0.3 is 20.1 Å². The topological polar surface area (TPSA) is 124 Å². The molecule has 0 aromatic heterocycles. The summed E-state index contributed by atoms with van der Waals surface area (Å²) in [5.41, 5.74) is 0.512. The number of hydrogen-bond donors (Lipinski definition) is 2. The molecule has 0 bridgehead atoms. The van der Waals surface area contributed by atoms with Gasteiger partial charge in [0, 0.05) is 21.4 Å². The van der Waals surface area contributed by atoms with Crippen molar-refractivity contribution in [2.45, 2.75) is 13.8 Å². The monoisotopic (exact) mass is 562 g/mol. The first-order valence-electron chi connectivity index (χ1n) is 10.4. The SMILES string of the molecule is CCOC(=O)C(C#N)=C(Nc1ccc(Cl)cc1)SSC(Nc1ccc(Cl)cc1)=C(C#N)C(=O)OCC. The van der Waals surface area contributed by atoms with Gasteiger partial charge in [-0.2, -0.15) is 10.5 Å². The molecule has 2 aromatic rings. The Labute approximate surface area is 226 Å². The van der Waals surface area contributed by atoms with E-state index >= 15 is 0 Å². The first kappa shape index (κ1) is 29.0. The van der Waals surface area contributed by atoms with Crippen molar-refractivity contribution in [3.8, 4) is 12.1 Å². The van der Waals surface area contributed by atoms with Crippen LogP contribution in [0.2, 0.25) is 10.0 Å². The quantitative estimate of drug-likeness (QED) is 0.136. The van der Waals surface area contributed by atoms with Gasteiger partial charge in [-0.25, -0.2) is 9.59 Å². The summed E-state index contributed by atoms with van der Waals surface area (Å²) in [6, 6.07) is 16.9. The third-order valence-corrected chi connectivity index (χ3v) is 6.83. The average molecular weight is 563 g/mol. The van der Waals surface area contributed by atoms with Gasteiger partial charge in [0.2, 0.25) is 0 Å². The number of nitrogens with one attached hydrogen (secondary N) is 2. The minimum Gasteiger partial charge on any atom is -0.462 e. The van der Waals surface area contributed by atoms with Crippen LogP contribution in [0.5, 0.6) is 0 Å². The third kappa shape index (κ3) is 8.74. The summed E-state index contributed by atoms with van der Waals surface area (Å²) < 4.78 is 10.0. The van der Waals surface area contributed by atoms with E-state index in [2.05, 4.69) is 10.6 Å². The summed E-state index contributed by atoms with van der Waals surface area (Å²) in [6.07, 6.45) is 0. The Kier molecular flexibility index (Phi) is 12.0. The molecular formula is C24H20Cl2N4O4S2. The molecular weight excluding hydrogens is 543 g/mol. The van der Waals surface area contributed by atoms with E-state index in [1.807, 2.05) is 12.1 Å². The Morgan fingerprint density at radius 2 is 1.08 bits per heavy atom. The molecule has 8 nitrogen and oxygen atoms in total. The highest BCUT2D eigenvalue weighted by molar-refractivity contribution is 8.79. The smallest absolute Gasteiger partial charge is 0.351 e. The van der Waals surface area contributed by atoms with Gasteiger partial charge in [-0.1, -0.05) is 23.2 Å². The van der Waals surface area contributed by atoms with Crippen molar-refractivity contribution >= 4 is 68.1 Å². The molecule has 0 radical (unpaired) electrons. The Balaban J connectivity index is 2.49. The number of carbonyl (C=O) groups excluding carboxylic acids is 2. The molecule has 0 heterocycles. The van der Waals surface area contributed by atoms with E-state index in [0.29, 0.717) is 21.4 Å². The summed E-state index contributed by atoms with van der Waals surface area (Å²) in [7, 11) is 1.88. The van der Waals surface area contributed by atoms with Crippen LogP contribution in [0.4, 0.5) is 11.4 Å². The number of carbonyl (C=O) groups is 2. The maximum Gasteiger partial charge on any atom is 0.351 e. The van der Waals surface area contributed by atoms with Crippen molar-refractivity contribution in [3.63, 3.8) is 0 Å². The fourth-order valence-corrected chi connectivity index (χ4v) is 4.86. The van der Waals surface area contributed by atoms with Crippen LogP contribution in [-0.4, -0.2) is 25.2 Å². The number of rotatable bonds is 11. The van der Waals surface area contributed by atoms with E-state index in [1.54, 1.807) is 62.4 Å². The van der Waals surface area contributed by atoms with Gasteiger partial charge in [-0.15, -0.1) is 0 Å². The molecule has 2 rings (SSSR count). The molecule has 0 saturated heterocycles. The number of anilines is 2. The van der Waals surface area contributed by atoms with Crippen molar-refractivity contribution in [3.05, 3.63) is 79.8 Å². The van der Waals surface area contributed by atoms with Crippen LogP contribution in [0, 0.1) is 22.7 Å². The second-order valence-electron chi connectivity index (χ2n) is 6.50. The first-order valence-corrected chi connectivity index (χ1v) is 13.3. The Hall–Kier alpha value is -3.28. The molecule has 0 aliphatic heterocycles. The maximum atomic E-state index is 12.5. The largest absolute Gasteiger partial charge is 0.462 e. The van der Waals surface area contributed by atoms with Gasteiger partial charge in [0.25, 0.3) is 0 Å². The van der Waals surface area contributed by atoms with Crippen molar-refractivity contribution in [2.24, 2.45) is 0 Å². The number of benzene rings is 2. The molecule has 0 unspecified atom stereocenters. The van der Waals surface area contributed by atoms with Crippen LogP contribution < -0.4 is 10.6 Å². The minimum atomic E-state index is -0.827. The Morgan fingerprint density at radius 3 is 1.36 bits per heavy atom. The van der Waals surface area contributed by atoms with Crippen molar-refractivity contribution in [2.75, 3.05) is 23.8 Å². The molecule has 0 aliphatic rings. The molecule has 12 heteroatoms. The molecule has 2 aromatic carbocycles. The zero-order chi connectivity index (χ0) is 26.5. The van der Waals surface area contributed by atoms with Crippen LogP contribution in [0.3, 0.4) is 0 Å². The molecule has 0 aliphatic carbocycles. The second kappa shape index (κ2) is 15.0. The van der Waals surface area contributed by atoms with E-state index in [9.17, 15) is 20.1 Å². The molecule has 2 N–H and O–H groups in total. The lowest BCUT2D eigenvalue weighted by atomic mass is 10.3. The minimum absolute atomic E-state index is 0.0702. The zero-order valence-corrected chi connectivity index (χ0v) is 22.3. The number of esters is 2. The Morgan fingerprint density at radius 1 is 0.750 bits per heavy atom. The highest BCUT2D eigenvalue weighted by atomic mass is 35.5. The molecule has 0 spiro atoms. The maximum absolute atomic E-state index is 12.5. The fraction of sp³-hybridized carbons (Fsp3) is 0.167. The van der Waals surface area contributed by atoms with E-state index in [4.69, 9.17) is 32.7 Å². The highest BCUT2D eigenvalue weighted by Crippen LogP contribution is 2.40. The number of nitrogens with zero attached hydrogens (tertiary/aromatic N) is 2. The molecule has 0 fully saturated rings. The molecule has 0 atom stereocenters. The van der Waals surface area contributed by atoms with Crippen molar-refractivity contribution in [1.29, 1.82) is 10.5 Å². The van der Waals surface area contributed by atoms with Gasteiger partial charge in [0.1, 0.15) is 22.2 Å². The van der Waals surface area contributed by atoms with Gasteiger partial charge in [0.15, 0.2) is 11.1 Å². The standard InChI is InChI=1S/C24H20Cl2N4O4S2/c1-3-33-23(31)19(13-27)21(29-17-9-5-15(25)6-10-17)35-36-22(20(14-28)24(32)34-4-2)30-18-11-7-16(26)8-12-18/h5-12,29-30H,3-4H2,1-2H3. The van der Waals surface area contributed by atoms with E-state index < -0.39 is 11.9 Å². The van der Waals surface area contributed by atoms with Gasteiger partial charge in [0.05, 0.1) is 13.2 Å². The molecule has 0 amide bonds. The Bertz CT molecular complexity index is 1140. The summed E-state index contributed by atoms with van der Waals surface area (Å²) in [4.78, 5) is 24.9. The number of hydrogen-bond acceptors (Lipinski definition) is 10. The van der Waals surface area contributed by atoms with Gasteiger partial charge in [-0.3, -0.25) is 0 Å². The van der Waals surface area contributed by atoms with Crippen molar-refractivity contribution in [1.82, 2.24) is 0 Å². The van der Waals surface area contributed by atoms with Crippen LogP contribution in [0.1, 0.15) is 13.8 Å². The number of nitriles is 2. The van der Waals surface area contributed by atoms with Gasteiger partial charge >= 0.3 is 11.9 Å². The van der Waals surface area contributed by atoms with Gasteiger partial charge in [-0.05, 0) is 84.0 Å².